The summed E-state index contributed by atoms with van der Waals surface area (Å²) < 4.78 is 13.2. The Morgan fingerprint density at radius 1 is 1.58 bits per heavy atom. The van der Waals surface area contributed by atoms with Gasteiger partial charge in [0.05, 0.1) is 16.3 Å². The number of halogens is 2. The van der Waals surface area contributed by atoms with Crippen LogP contribution in [0.2, 0.25) is 5.02 Å². The number of aromatic nitrogens is 1. The summed E-state index contributed by atoms with van der Waals surface area (Å²) >= 11 is 5.54. The van der Waals surface area contributed by atoms with E-state index in [4.69, 9.17) is 17.3 Å². The molecule has 0 spiro atoms. The van der Waals surface area contributed by atoms with Crippen molar-refractivity contribution < 1.29 is 4.39 Å². The van der Waals surface area contributed by atoms with Crippen LogP contribution in [0, 0.1) is 5.82 Å². The molecule has 1 saturated carbocycles. The van der Waals surface area contributed by atoms with Gasteiger partial charge in [0, 0.05) is 6.20 Å². The van der Waals surface area contributed by atoms with E-state index < -0.39 is 11.4 Å². The lowest BCUT2D eigenvalue weighted by Gasteiger charge is -2.08. The molecule has 0 atom stereocenters. The zero-order chi connectivity index (χ0) is 8.77. The molecule has 1 aromatic heterocycles. The molecular formula is C8H8ClFN2. The summed E-state index contributed by atoms with van der Waals surface area (Å²) in [6.07, 6.45) is 3.03. The molecular weight excluding hydrogens is 179 g/mol. The first-order valence-corrected chi connectivity index (χ1v) is 4.10. The fourth-order valence-electron chi connectivity index (χ4n) is 1.15. The maximum atomic E-state index is 13.2. The first-order chi connectivity index (χ1) is 5.62. The molecule has 2 nitrogen and oxygen atoms in total. The SMILES string of the molecule is NC1(c2ncc(Cl)cc2F)CC1. The normalized spacial score (nSPS) is 19.2. The topological polar surface area (TPSA) is 38.9 Å². The smallest absolute Gasteiger partial charge is 0.148 e. The highest BCUT2D eigenvalue weighted by atomic mass is 35.5. The van der Waals surface area contributed by atoms with E-state index in [1.165, 1.54) is 12.3 Å². The van der Waals surface area contributed by atoms with Crippen LogP contribution in [0.25, 0.3) is 0 Å². The van der Waals surface area contributed by atoms with Crippen molar-refractivity contribution in [3.63, 3.8) is 0 Å². The summed E-state index contributed by atoms with van der Waals surface area (Å²) in [4.78, 5) is 3.88. The lowest BCUT2D eigenvalue weighted by molar-refractivity contribution is 0.561. The van der Waals surface area contributed by atoms with Crippen LogP contribution in [-0.2, 0) is 5.54 Å². The van der Waals surface area contributed by atoms with Gasteiger partial charge in [0.1, 0.15) is 5.82 Å². The molecule has 64 valence electrons. The molecule has 1 heterocycles. The van der Waals surface area contributed by atoms with Gasteiger partial charge in [-0.15, -0.1) is 0 Å². The molecule has 0 bridgehead atoms. The second kappa shape index (κ2) is 2.41. The lowest BCUT2D eigenvalue weighted by Crippen LogP contribution is -2.21. The van der Waals surface area contributed by atoms with Crippen LogP contribution in [0.15, 0.2) is 12.3 Å². The average molecular weight is 187 g/mol. The molecule has 1 fully saturated rings. The first-order valence-electron chi connectivity index (χ1n) is 3.72. The standard InChI is InChI=1S/C8H8ClFN2/c9-5-3-6(10)7(12-4-5)8(11)1-2-8/h3-4H,1-2,11H2. The van der Waals surface area contributed by atoms with Crippen molar-refractivity contribution in [1.82, 2.24) is 4.98 Å². The van der Waals surface area contributed by atoms with Crippen molar-refractivity contribution in [3.05, 3.63) is 28.8 Å². The van der Waals surface area contributed by atoms with E-state index in [-0.39, 0.29) is 0 Å². The highest BCUT2D eigenvalue weighted by Crippen LogP contribution is 2.42. The van der Waals surface area contributed by atoms with E-state index >= 15 is 0 Å². The Morgan fingerprint density at radius 2 is 2.25 bits per heavy atom. The number of nitrogens with two attached hydrogens (primary N) is 1. The van der Waals surface area contributed by atoms with Crippen LogP contribution in [-0.4, -0.2) is 4.98 Å². The van der Waals surface area contributed by atoms with Crippen molar-refractivity contribution in [2.75, 3.05) is 0 Å². The second-order valence-corrected chi connectivity index (χ2v) is 3.58. The van der Waals surface area contributed by atoms with Gasteiger partial charge in [-0.1, -0.05) is 11.6 Å². The molecule has 0 radical (unpaired) electrons. The Hall–Kier alpha value is -0.670. The number of pyridine rings is 1. The number of hydrogen-bond acceptors (Lipinski definition) is 2. The van der Waals surface area contributed by atoms with Crippen molar-refractivity contribution in [2.45, 2.75) is 18.4 Å². The van der Waals surface area contributed by atoms with E-state index in [1.54, 1.807) is 0 Å². The Bertz CT molecular complexity index is 323. The van der Waals surface area contributed by atoms with Crippen molar-refractivity contribution in [1.29, 1.82) is 0 Å². The third-order valence-electron chi connectivity index (χ3n) is 2.07. The number of nitrogens with zero attached hydrogens (tertiary/aromatic N) is 1. The van der Waals surface area contributed by atoms with Crippen LogP contribution in [0.4, 0.5) is 4.39 Å². The Balaban J connectivity index is 2.45. The van der Waals surface area contributed by atoms with Gasteiger partial charge in [-0.25, -0.2) is 4.39 Å². The highest BCUT2D eigenvalue weighted by molar-refractivity contribution is 6.30. The number of rotatable bonds is 1. The van der Waals surface area contributed by atoms with Gasteiger partial charge < -0.3 is 5.73 Å². The molecule has 2 N–H and O–H groups in total. The molecule has 1 aliphatic rings. The lowest BCUT2D eigenvalue weighted by atomic mass is 10.1. The minimum absolute atomic E-state index is 0.306. The molecule has 0 aliphatic heterocycles. The zero-order valence-electron chi connectivity index (χ0n) is 6.35. The summed E-state index contributed by atoms with van der Waals surface area (Å²) in [6, 6.07) is 1.25. The van der Waals surface area contributed by atoms with Gasteiger partial charge in [0.25, 0.3) is 0 Å². The summed E-state index contributed by atoms with van der Waals surface area (Å²) in [6.45, 7) is 0. The molecule has 0 amide bonds. The van der Waals surface area contributed by atoms with Crippen molar-refractivity contribution >= 4 is 11.6 Å². The third kappa shape index (κ3) is 1.19. The second-order valence-electron chi connectivity index (χ2n) is 3.14. The maximum absolute atomic E-state index is 13.2. The largest absolute Gasteiger partial charge is 0.320 e. The summed E-state index contributed by atoms with van der Waals surface area (Å²) in [5.41, 5.74) is 5.59. The van der Waals surface area contributed by atoms with Crippen LogP contribution in [0.3, 0.4) is 0 Å². The van der Waals surface area contributed by atoms with Crippen LogP contribution >= 0.6 is 11.6 Å². The van der Waals surface area contributed by atoms with E-state index in [9.17, 15) is 4.39 Å². The van der Waals surface area contributed by atoms with E-state index in [1.807, 2.05) is 0 Å². The highest BCUT2D eigenvalue weighted by Gasteiger charge is 2.43. The van der Waals surface area contributed by atoms with Crippen LogP contribution < -0.4 is 5.73 Å². The van der Waals surface area contributed by atoms with E-state index in [0.29, 0.717) is 10.7 Å². The predicted molar refractivity (Wildman–Crippen MR) is 44.3 cm³/mol. The van der Waals surface area contributed by atoms with Gasteiger partial charge in [-0.2, -0.15) is 0 Å². The fraction of sp³-hybridized carbons (Fsp3) is 0.375. The summed E-state index contributed by atoms with van der Waals surface area (Å²) in [7, 11) is 0. The van der Waals surface area contributed by atoms with Crippen molar-refractivity contribution in [3.8, 4) is 0 Å². The summed E-state index contributed by atoms with van der Waals surface area (Å²) in [5.74, 6) is -0.400. The minimum Gasteiger partial charge on any atom is -0.320 e. The quantitative estimate of drug-likeness (QED) is 0.727. The molecule has 0 saturated heterocycles. The maximum Gasteiger partial charge on any atom is 0.148 e. The molecule has 1 aromatic rings. The predicted octanol–water partition coefficient (Wildman–Crippen LogP) is 1.82. The van der Waals surface area contributed by atoms with Crippen LogP contribution in [0.1, 0.15) is 18.5 Å². The first kappa shape index (κ1) is 7.95. The third-order valence-corrected chi connectivity index (χ3v) is 2.27. The molecule has 4 heteroatoms. The van der Waals surface area contributed by atoms with Gasteiger partial charge >= 0.3 is 0 Å². The Kier molecular flexibility index (Phi) is 1.59. The van der Waals surface area contributed by atoms with Crippen LogP contribution in [0.5, 0.6) is 0 Å². The molecule has 1 aliphatic carbocycles. The number of hydrogen-bond donors (Lipinski definition) is 1. The summed E-state index contributed by atoms with van der Waals surface area (Å²) in [5, 5.41) is 0.306. The van der Waals surface area contributed by atoms with Gasteiger partial charge in [0.2, 0.25) is 0 Å². The van der Waals surface area contributed by atoms with E-state index in [0.717, 1.165) is 12.8 Å². The molecule has 0 unspecified atom stereocenters. The Morgan fingerprint density at radius 3 is 2.75 bits per heavy atom. The Labute approximate surface area is 74.5 Å². The van der Waals surface area contributed by atoms with Gasteiger partial charge in [-0.3, -0.25) is 4.98 Å². The molecule has 12 heavy (non-hydrogen) atoms. The minimum atomic E-state index is -0.519. The van der Waals surface area contributed by atoms with Crippen molar-refractivity contribution in [2.24, 2.45) is 5.73 Å². The van der Waals surface area contributed by atoms with Gasteiger partial charge in [-0.05, 0) is 18.9 Å². The molecule has 0 aromatic carbocycles. The average Bonchev–Trinajstić information content (AvgIpc) is 2.68. The van der Waals surface area contributed by atoms with Gasteiger partial charge in [0.15, 0.2) is 0 Å². The zero-order valence-corrected chi connectivity index (χ0v) is 7.11. The molecule has 2 rings (SSSR count). The van der Waals surface area contributed by atoms with E-state index in [2.05, 4.69) is 4.98 Å². The monoisotopic (exact) mass is 186 g/mol. The fourth-order valence-corrected chi connectivity index (χ4v) is 1.30.